The van der Waals surface area contributed by atoms with E-state index < -0.39 is 11.9 Å². The first kappa shape index (κ1) is 25.1. The van der Waals surface area contributed by atoms with E-state index >= 15 is 0 Å². The zero-order chi connectivity index (χ0) is 22.3. The largest absolute Gasteiger partial charge is 0.481 e. The van der Waals surface area contributed by atoms with Gasteiger partial charge in [-0.3, -0.25) is 4.79 Å². The lowest BCUT2D eigenvalue weighted by atomic mass is 9.91. The summed E-state index contributed by atoms with van der Waals surface area (Å²) < 4.78 is 14.6. The van der Waals surface area contributed by atoms with E-state index in [0.29, 0.717) is 17.5 Å². The fraction of sp³-hybridized carbons (Fsp3) is 0.536. The van der Waals surface area contributed by atoms with Crippen molar-refractivity contribution in [1.29, 1.82) is 0 Å². The molecule has 0 aromatic heterocycles. The first-order chi connectivity index (χ1) is 15.1. The summed E-state index contributed by atoms with van der Waals surface area (Å²) in [7, 11) is 0. The molecule has 0 aliphatic rings. The number of aliphatic carboxylic acids is 1. The van der Waals surface area contributed by atoms with Gasteiger partial charge in [-0.2, -0.15) is 0 Å². The lowest BCUT2D eigenvalue weighted by Crippen LogP contribution is -2.12. The van der Waals surface area contributed by atoms with Gasteiger partial charge in [0.2, 0.25) is 0 Å². The van der Waals surface area contributed by atoms with Crippen molar-refractivity contribution in [2.75, 3.05) is 0 Å². The highest BCUT2D eigenvalue weighted by Crippen LogP contribution is 2.29. The molecule has 1 atom stereocenters. The number of carboxylic acid groups (broad SMARTS) is 1. The van der Waals surface area contributed by atoms with Crippen LogP contribution >= 0.6 is 0 Å². The van der Waals surface area contributed by atoms with Gasteiger partial charge in [-0.05, 0) is 23.6 Å². The monoisotopic (exact) mass is 426 g/mol. The number of carbonyl (C=O) groups is 1. The van der Waals surface area contributed by atoms with Gasteiger partial charge < -0.3 is 5.11 Å². The van der Waals surface area contributed by atoms with Crippen LogP contribution in [0.4, 0.5) is 4.39 Å². The van der Waals surface area contributed by atoms with Crippen LogP contribution in [-0.4, -0.2) is 11.1 Å². The third-order valence-corrected chi connectivity index (χ3v) is 6.12. The van der Waals surface area contributed by atoms with Crippen LogP contribution < -0.4 is 0 Å². The molecule has 0 fully saturated rings. The molecule has 0 radical (unpaired) electrons. The van der Waals surface area contributed by atoms with E-state index in [9.17, 15) is 14.3 Å². The molecule has 1 N–H and O–H groups in total. The average molecular weight is 427 g/mol. The summed E-state index contributed by atoms with van der Waals surface area (Å²) in [6.07, 6.45) is 15.6. The van der Waals surface area contributed by atoms with Crippen LogP contribution in [-0.2, 0) is 4.79 Å². The predicted molar refractivity (Wildman–Crippen MR) is 128 cm³/mol. The first-order valence-corrected chi connectivity index (χ1v) is 12.2. The molecular formula is C28H39FO2. The molecule has 0 aliphatic heterocycles. The molecule has 2 nitrogen and oxygen atoms in total. The second-order valence-corrected chi connectivity index (χ2v) is 8.67. The maximum atomic E-state index is 14.6. The molecule has 0 saturated carbocycles. The third kappa shape index (κ3) is 9.25. The van der Waals surface area contributed by atoms with Crippen molar-refractivity contribution in [2.24, 2.45) is 0 Å². The minimum absolute atomic E-state index is 0.357. The molecule has 3 heteroatoms. The number of carboxylic acids is 1. The summed E-state index contributed by atoms with van der Waals surface area (Å²) in [4.78, 5) is 11.8. The summed E-state index contributed by atoms with van der Waals surface area (Å²) in [5, 5.41) is 9.66. The van der Waals surface area contributed by atoms with Crippen LogP contribution in [0.3, 0.4) is 0 Å². The van der Waals surface area contributed by atoms with Gasteiger partial charge >= 0.3 is 5.97 Å². The zero-order valence-electron chi connectivity index (χ0n) is 19.1. The fourth-order valence-corrected chi connectivity index (χ4v) is 4.22. The molecule has 2 rings (SSSR count). The van der Waals surface area contributed by atoms with Crippen molar-refractivity contribution in [3.8, 4) is 11.1 Å². The van der Waals surface area contributed by atoms with Crippen LogP contribution in [0.2, 0.25) is 0 Å². The maximum absolute atomic E-state index is 14.6. The quantitative estimate of drug-likeness (QED) is 0.272. The number of benzene rings is 2. The Morgan fingerprint density at radius 1 is 0.806 bits per heavy atom. The molecule has 0 aliphatic carbocycles. The molecule has 0 amide bonds. The standard InChI is InChI=1S/C28H39FO2/c1-2-3-4-5-6-7-8-9-10-11-12-16-19-26(28(30)31)24-20-21-25(27(29)22-24)23-17-14-13-15-18-23/h13-15,17-18,20-22,26H,2-12,16,19H2,1H3,(H,30,31). The van der Waals surface area contributed by atoms with Crippen molar-refractivity contribution < 1.29 is 14.3 Å². The van der Waals surface area contributed by atoms with E-state index in [1.807, 2.05) is 30.3 Å². The second-order valence-electron chi connectivity index (χ2n) is 8.67. The Kier molecular flexibility index (Phi) is 12.0. The van der Waals surface area contributed by atoms with E-state index in [1.54, 1.807) is 12.1 Å². The highest BCUT2D eigenvalue weighted by Gasteiger charge is 2.21. The number of hydrogen-bond donors (Lipinski definition) is 1. The minimum Gasteiger partial charge on any atom is -0.481 e. The average Bonchev–Trinajstić information content (AvgIpc) is 2.77. The maximum Gasteiger partial charge on any atom is 0.310 e. The van der Waals surface area contributed by atoms with Gasteiger partial charge in [0.15, 0.2) is 0 Å². The van der Waals surface area contributed by atoms with Crippen LogP contribution in [0.1, 0.15) is 102 Å². The summed E-state index contributed by atoms with van der Waals surface area (Å²) in [5.74, 6) is -1.86. The molecule has 0 spiro atoms. The smallest absolute Gasteiger partial charge is 0.310 e. The van der Waals surface area contributed by atoms with E-state index in [-0.39, 0.29) is 5.82 Å². The highest BCUT2D eigenvalue weighted by molar-refractivity contribution is 5.76. The Morgan fingerprint density at radius 3 is 1.87 bits per heavy atom. The van der Waals surface area contributed by atoms with Gasteiger partial charge in [-0.25, -0.2) is 4.39 Å². The third-order valence-electron chi connectivity index (χ3n) is 6.12. The molecule has 0 bridgehead atoms. The normalized spacial score (nSPS) is 12.1. The Hall–Kier alpha value is -2.16. The van der Waals surface area contributed by atoms with Crippen LogP contribution in [0, 0.1) is 5.82 Å². The number of unbranched alkanes of at least 4 members (excludes halogenated alkanes) is 11. The van der Waals surface area contributed by atoms with Crippen LogP contribution in [0.15, 0.2) is 48.5 Å². The van der Waals surface area contributed by atoms with Gasteiger partial charge in [0.05, 0.1) is 5.92 Å². The number of hydrogen-bond acceptors (Lipinski definition) is 1. The van der Waals surface area contributed by atoms with Crippen molar-refractivity contribution >= 4 is 5.97 Å². The molecule has 0 heterocycles. The lowest BCUT2D eigenvalue weighted by molar-refractivity contribution is -0.139. The summed E-state index contributed by atoms with van der Waals surface area (Å²) in [5.41, 5.74) is 1.88. The number of rotatable bonds is 16. The minimum atomic E-state index is -0.866. The topological polar surface area (TPSA) is 37.3 Å². The highest BCUT2D eigenvalue weighted by atomic mass is 19.1. The van der Waals surface area contributed by atoms with E-state index in [2.05, 4.69) is 6.92 Å². The van der Waals surface area contributed by atoms with Crippen molar-refractivity contribution in [2.45, 2.75) is 96.3 Å². The molecule has 1 unspecified atom stereocenters. The summed E-state index contributed by atoms with van der Waals surface area (Å²) >= 11 is 0. The zero-order valence-corrected chi connectivity index (χ0v) is 19.1. The second kappa shape index (κ2) is 14.8. The Labute approximate surface area is 187 Å². The fourth-order valence-electron chi connectivity index (χ4n) is 4.22. The van der Waals surface area contributed by atoms with Gasteiger partial charge in [-0.15, -0.1) is 0 Å². The van der Waals surface area contributed by atoms with Crippen LogP contribution in [0.25, 0.3) is 11.1 Å². The molecule has 170 valence electrons. The van der Waals surface area contributed by atoms with E-state index in [0.717, 1.165) is 24.8 Å². The SMILES string of the molecule is CCCCCCCCCCCCCCC(C(=O)O)c1ccc(-c2ccccc2)c(F)c1. The molecular weight excluding hydrogens is 387 g/mol. The van der Waals surface area contributed by atoms with Gasteiger partial charge in [0.25, 0.3) is 0 Å². The van der Waals surface area contributed by atoms with E-state index in [1.165, 1.54) is 63.9 Å². The van der Waals surface area contributed by atoms with Crippen molar-refractivity contribution in [3.05, 3.63) is 59.9 Å². The van der Waals surface area contributed by atoms with Gasteiger partial charge in [0, 0.05) is 5.56 Å². The van der Waals surface area contributed by atoms with Crippen molar-refractivity contribution in [1.82, 2.24) is 0 Å². The Balaban J connectivity index is 1.70. The molecule has 31 heavy (non-hydrogen) atoms. The molecule has 2 aromatic rings. The Morgan fingerprint density at radius 2 is 1.35 bits per heavy atom. The van der Waals surface area contributed by atoms with E-state index in [4.69, 9.17) is 0 Å². The lowest BCUT2D eigenvalue weighted by Gasteiger charge is -2.14. The predicted octanol–water partition coefficient (Wildman–Crippen LogP) is 8.75. The summed E-state index contributed by atoms with van der Waals surface area (Å²) in [6.45, 7) is 2.25. The van der Waals surface area contributed by atoms with Gasteiger partial charge in [-0.1, -0.05) is 126 Å². The molecule has 2 aromatic carbocycles. The van der Waals surface area contributed by atoms with Crippen molar-refractivity contribution in [3.63, 3.8) is 0 Å². The van der Waals surface area contributed by atoms with Crippen LogP contribution in [0.5, 0.6) is 0 Å². The summed E-state index contributed by atoms with van der Waals surface area (Å²) in [6, 6.07) is 14.2. The molecule has 0 saturated heterocycles. The first-order valence-electron chi connectivity index (χ1n) is 12.2. The Bertz CT molecular complexity index is 757. The number of halogens is 1. The van der Waals surface area contributed by atoms with Gasteiger partial charge in [0.1, 0.15) is 5.82 Å².